The first-order valence-corrected chi connectivity index (χ1v) is 6.37. The molecule has 2 atom stereocenters. The summed E-state index contributed by atoms with van der Waals surface area (Å²) in [5.74, 6) is 0.952. The number of rotatable bonds is 4. The second-order valence-electron chi connectivity index (χ2n) is 5.10. The Bertz CT molecular complexity index is 355. The average Bonchev–Trinajstić information content (AvgIpc) is 2.77. The Balaban J connectivity index is 0.00000162. The van der Waals surface area contributed by atoms with Crippen LogP contribution in [0.2, 0.25) is 0 Å². The quantitative estimate of drug-likeness (QED) is 0.913. The van der Waals surface area contributed by atoms with Gasteiger partial charge in [-0.3, -0.25) is 0 Å². The van der Waals surface area contributed by atoms with Gasteiger partial charge in [0.2, 0.25) is 0 Å². The monoisotopic (exact) mass is 272 g/mol. The van der Waals surface area contributed by atoms with Crippen molar-refractivity contribution in [2.45, 2.75) is 19.3 Å². The number of hydrogen-bond donors (Lipinski definition) is 1. The summed E-state index contributed by atoms with van der Waals surface area (Å²) in [6.45, 7) is 6.29. The van der Waals surface area contributed by atoms with Crippen molar-refractivity contribution in [2.24, 2.45) is 11.7 Å². The molecule has 2 nitrogen and oxygen atoms in total. The summed E-state index contributed by atoms with van der Waals surface area (Å²) in [5, 5.41) is 0. The van der Waals surface area contributed by atoms with Crippen molar-refractivity contribution in [3.05, 3.63) is 35.6 Å². The zero-order chi connectivity index (χ0) is 12.3. The third-order valence-corrected chi connectivity index (χ3v) is 3.67. The molecule has 102 valence electrons. The van der Waals surface area contributed by atoms with Crippen LogP contribution in [-0.4, -0.2) is 31.1 Å². The van der Waals surface area contributed by atoms with Gasteiger partial charge in [-0.1, -0.05) is 19.1 Å². The fourth-order valence-electron chi connectivity index (χ4n) is 2.56. The Morgan fingerprint density at radius 1 is 1.39 bits per heavy atom. The minimum Gasteiger partial charge on any atom is -0.330 e. The minimum atomic E-state index is -0.162. The normalized spacial score (nSPS) is 21.6. The number of benzene rings is 1. The van der Waals surface area contributed by atoms with E-state index in [0.717, 1.165) is 26.2 Å². The molecule has 1 heterocycles. The molecule has 0 radical (unpaired) electrons. The summed E-state index contributed by atoms with van der Waals surface area (Å²) in [6, 6.07) is 6.85. The first-order valence-electron chi connectivity index (χ1n) is 6.37. The summed E-state index contributed by atoms with van der Waals surface area (Å²) >= 11 is 0. The molecule has 2 N–H and O–H groups in total. The van der Waals surface area contributed by atoms with E-state index in [-0.39, 0.29) is 18.2 Å². The molecule has 18 heavy (non-hydrogen) atoms. The van der Waals surface area contributed by atoms with Crippen LogP contribution in [0.5, 0.6) is 0 Å². The lowest BCUT2D eigenvalue weighted by Crippen LogP contribution is -2.27. The van der Waals surface area contributed by atoms with Crippen molar-refractivity contribution < 1.29 is 4.39 Å². The van der Waals surface area contributed by atoms with Gasteiger partial charge in [-0.2, -0.15) is 0 Å². The second kappa shape index (κ2) is 7.07. The lowest BCUT2D eigenvalue weighted by Gasteiger charge is -2.21. The van der Waals surface area contributed by atoms with E-state index in [2.05, 4.69) is 11.8 Å². The minimum absolute atomic E-state index is 0. The number of nitrogens with two attached hydrogens (primary N) is 1. The van der Waals surface area contributed by atoms with E-state index in [4.69, 9.17) is 5.73 Å². The fourth-order valence-corrected chi connectivity index (χ4v) is 2.56. The molecule has 1 aliphatic rings. The Morgan fingerprint density at radius 3 is 2.61 bits per heavy atom. The second-order valence-corrected chi connectivity index (χ2v) is 5.10. The maximum Gasteiger partial charge on any atom is 0.123 e. The van der Waals surface area contributed by atoms with Gasteiger partial charge in [0.05, 0.1) is 0 Å². The van der Waals surface area contributed by atoms with Gasteiger partial charge in [0, 0.05) is 13.1 Å². The van der Waals surface area contributed by atoms with Crippen LogP contribution in [0.25, 0.3) is 0 Å². The van der Waals surface area contributed by atoms with Gasteiger partial charge in [0.15, 0.2) is 0 Å². The SMILES string of the molecule is CC(CN1CCC(CN)C1)c1ccc(F)cc1.Cl. The lowest BCUT2D eigenvalue weighted by molar-refractivity contribution is 0.309. The zero-order valence-electron chi connectivity index (χ0n) is 10.8. The predicted octanol–water partition coefficient (Wildman–Crippen LogP) is 2.63. The van der Waals surface area contributed by atoms with Crippen LogP contribution < -0.4 is 5.73 Å². The molecule has 4 heteroatoms. The Hall–Kier alpha value is -0.640. The number of hydrogen-bond acceptors (Lipinski definition) is 2. The first-order chi connectivity index (χ1) is 8.19. The molecular weight excluding hydrogens is 251 g/mol. The van der Waals surface area contributed by atoms with Gasteiger partial charge in [-0.05, 0) is 49.0 Å². The van der Waals surface area contributed by atoms with E-state index in [1.54, 1.807) is 12.1 Å². The van der Waals surface area contributed by atoms with Crippen LogP contribution in [0.15, 0.2) is 24.3 Å². The van der Waals surface area contributed by atoms with Crippen LogP contribution in [-0.2, 0) is 0 Å². The molecule has 1 aromatic carbocycles. The molecule has 2 rings (SSSR count). The molecule has 0 spiro atoms. The van der Waals surface area contributed by atoms with Gasteiger partial charge in [-0.15, -0.1) is 12.4 Å². The van der Waals surface area contributed by atoms with Crippen molar-refractivity contribution in [2.75, 3.05) is 26.2 Å². The summed E-state index contributed by atoms with van der Waals surface area (Å²) in [4.78, 5) is 2.46. The highest BCUT2D eigenvalue weighted by molar-refractivity contribution is 5.85. The van der Waals surface area contributed by atoms with E-state index < -0.39 is 0 Å². The molecule has 1 fully saturated rings. The number of halogens is 2. The Morgan fingerprint density at radius 2 is 2.06 bits per heavy atom. The molecule has 0 amide bonds. The highest BCUT2D eigenvalue weighted by Crippen LogP contribution is 2.21. The van der Waals surface area contributed by atoms with Crippen molar-refractivity contribution in [1.82, 2.24) is 4.90 Å². The molecule has 0 aromatic heterocycles. The predicted molar refractivity (Wildman–Crippen MR) is 75.7 cm³/mol. The Labute approximate surface area is 115 Å². The molecule has 0 saturated carbocycles. The van der Waals surface area contributed by atoms with Gasteiger partial charge < -0.3 is 10.6 Å². The van der Waals surface area contributed by atoms with Crippen LogP contribution in [0.3, 0.4) is 0 Å². The van der Waals surface area contributed by atoms with Crippen molar-refractivity contribution >= 4 is 12.4 Å². The summed E-state index contributed by atoms with van der Waals surface area (Å²) in [5.41, 5.74) is 6.90. The molecular formula is C14H22ClFN2. The zero-order valence-corrected chi connectivity index (χ0v) is 11.6. The van der Waals surface area contributed by atoms with Gasteiger partial charge in [-0.25, -0.2) is 4.39 Å². The van der Waals surface area contributed by atoms with E-state index in [0.29, 0.717) is 11.8 Å². The molecule has 2 unspecified atom stereocenters. The summed E-state index contributed by atoms with van der Waals surface area (Å²) in [6.07, 6.45) is 1.21. The third-order valence-electron chi connectivity index (χ3n) is 3.67. The average molecular weight is 273 g/mol. The van der Waals surface area contributed by atoms with E-state index in [1.165, 1.54) is 12.0 Å². The molecule has 1 aliphatic heterocycles. The van der Waals surface area contributed by atoms with E-state index in [1.807, 2.05) is 12.1 Å². The van der Waals surface area contributed by atoms with Gasteiger partial charge >= 0.3 is 0 Å². The van der Waals surface area contributed by atoms with E-state index >= 15 is 0 Å². The molecule has 1 saturated heterocycles. The summed E-state index contributed by atoms with van der Waals surface area (Å²) < 4.78 is 12.8. The smallest absolute Gasteiger partial charge is 0.123 e. The van der Waals surface area contributed by atoms with Crippen molar-refractivity contribution in [3.63, 3.8) is 0 Å². The highest BCUT2D eigenvalue weighted by Gasteiger charge is 2.22. The van der Waals surface area contributed by atoms with Crippen molar-refractivity contribution in [3.8, 4) is 0 Å². The van der Waals surface area contributed by atoms with Crippen LogP contribution in [0.1, 0.15) is 24.8 Å². The van der Waals surface area contributed by atoms with E-state index in [9.17, 15) is 4.39 Å². The van der Waals surface area contributed by atoms with Crippen LogP contribution in [0, 0.1) is 11.7 Å². The number of likely N-dealkylation sites (tertiary alicyclic amines) is 1. The topological polar surface area (TPSA) is 29.3 Å². The number of nitrogens with zero attached hydrogens (tertiary/aromatic N) is 1. The Kier molecular flexibility index (Phi) is 6.06. The molecule has 0 aliphatic carbocycles. The van der Waals surface area contributed by atoms with Gasteiger partial charge in [0.1, 0.15) is 5.82 Å². The lowest BCUT2D eigenvalue weighted by atomic mass is 10.0. The first kappa shape index (κ1) is 15.4. The van der Waals surface area contributed by atoms with Crippen LogP contribution >= 0.6 is 12.4 Å². The maximum atomic E-state index is 12.8. The molecule has 1 aromatic rings. The molecule has 0 bridgehead atoms. The largest absolute Gasteiger partial charge is 0.330 e. The van der Waals surface area contributed by atoms with Gasteiger partial charge in [0.25, 0.3) is 0 Å². The third kappa shape index (κ3) is 3.94. The summed E-state index contributed by atoms with van der Waals surface area (Å²) in [7, 11) is 0. The standard InChI is InChI=1S/C14H21FN2.ClH/c1-11(13-2-4-14(15)5-3-13)9-17-7-6-12(8-16)10-17;/h2-5,11-12H,6-10,16H2,1H3;1H. The maximum absolute atomic E-state index is 12.8. The van der Waals surface area contributed by atoms with Crippen molar-refractivity contribution in [1.29, 1.82) is 0 Å². The van der Waals surface area contributed by atoms with Crippen LogP contribution in [0.4, 0.5) is 4.39 Å². The fraction of sp³-hybridized carbons (Fsp3) is 0.571. The highest BCUT2D eigenvalue weighted by atomic mass is 35.5.